The Morgan fingerprint density at radius 1 is 1.27 bits per heavy atom. The van der Waals surface area contributed by atoms with Crippen LogP contribution in [-0.4, -0.2) is 23.1 Å². The van der Waals surface area contributed by atoms with Crippen molar-refractivity contribution in [3.63, 3.8) is 0 Å². The SMILES string of the molecule is Nc1ccccc1CN1CC(=O)CC1=O. The molecule has 1 aromatic rings. The number of amides is 1. The highest BCUT2D eigenvalue weighted by Crippen LogP contribution is 2.16. The summed E-state index contributed by atoms with van der Waals surface area (Å²) < 4.78 is 0. The number of anilines is 1. The lowest BCUT2D eigenvalue weighted by Gasteiger charge is -2.15. The molecule has 0 atom stereocenters. The highest BCUT2D eigenvalue weighted by Gasteiger charge is 2.27. The lowest BCUT2D eigenvalue weighted by molar-refractivity contribution is -0.128. The highest BCUT2D eigenvalue weighted by molar-refractivity contribution is 6.05. The van der Waals surface area contributed by atoms with Crippen LogP contribution in [0.1, 0.15) is 12.0 Å². The van der Waals surface area contributed by atoms with E-state index in [1.54, 1.807) is 6.07 Å². The van der Waals surface area contributed by atoms with E-state index < -0.39 is 0 Å². The van der Waals surface area contributed by atoms with Gasteiger partial charge in [-0.15, -0.1) is 0 Å². The predicted octanol–water partition coefficient (Wildman–Crippen LogP) is 0.570. The van der Waals surface area contributed by atoms with Gasteiger partial charge in [0, 0.05) is 12.2 Å². The van der Waals surface area contributed by atoms with E-state index in [1.807, 2.05) is 18.2 Å². The van der Waals surface area contributed by atoms with Crippen molar-refractivity contribution in [1.29, 1.82) is 0 Å². The van der Waals surface area contributed by atoms with Gasteiger partial charge in [-0.25, -0.2) is 0 Å². The lowest BCUT2D eigenvalue weighted by atomic mass is 10.2. The van der Waals surface area contributed by atoms with Gasteiger partial charge in [0.1, 0.15) is 0 Å². The number of carbonyl (C=O) groups excluding carboxylic acids is 2. The number of rotatable bonds is 2. The van der Waals surface area contributed by atoms with E-state index in [4.69, 9.17) is 5.73 Å². The third kappa shape index (κ3) is 1.98. The standard InChI is InChI=1S/C11H12N2O2/c12-10-4-2-1-3-8(10)6-13-7-9(14)5-11(13)15/h1-4H,5-7,12H2. The summed E-state index contributed by atoms with van der Waals surface area (Å²) >= 11 is 0. The van der Waals surface area contributed by atoms with Gasteiger partial charge in [0.05, 0.1) is 13.0 Å². The fraction of sp³-hybridized carbons (Fsp3) is 0.273. The van der Waals surface area contributed by atoms with E-state index in [-0.39, 0.29) is 24.7 Å². The number of likely N-dealkylation sites (tertiary alicyclic amines) is 1. The van der Waals surface area contributed by atoms with Crippen LogP contribution in [0.5, 0.6) is 0 Å². The van der Waals surface area contributed by atoms with Crippen LogP contribution in [0.15, 0.2) is 24.3 Å². The smallest absolute Gasteiger partial charge is 0.230 e. The largest absolute Gasteiger partial charge is 0.398 e. The normalized spacial score (nSPS) is 16.1. The quantitative estimate of drug-likeness (QED) is 0.566. The van der Waals surface area contributed by atoms with Crippen LogP contribution < -0.4 is 5.73 Å². The minimum absolute atomic E-state index is 0.0190. The van der Waals surface area contributed by atoms with Gasteiger partial charge in [0.2, 0.25) is 5.91 Å². The maximum absolute atomic E-state index is 11.4. The Balaban J connectivity index is 2.13. The lowest BCUT2D eigenvalue weighted by Crippen LogP contribution is -2.25. The summed E-state index contributed by atoms with van der Waals surface area (Å²) in [5.41, 5.74) is 7.30. The van der Waals surface area contributed by atoms with Gasteiger partial charge in [-0.3, -0.25) is 9.59 Å². The zero-order chi connectivity index (χ0) is 10.8. The molecule has 1 saturated heterocycles. The molecule has 78 valence electrons. The number of para-hydroxylation sites is 1. The van der Waals surface area contributed by atoms with Crippen molar-refractivity contribution < 1.29 is 9.59 Å². The van der Waals surface area contributed by atoms with Gasteiger partial charge in [0.15, 0.2) is 5.78 Å². The molecule has 1 aliphatic rings. The van der Waals surface area contributed by atoms with Crippen molar-refractivity contribution in [2.45, 2.75) is 13.0 Å². The Morgan fingerprint density at radius 3 is 2.60 bits per heavy atom. The molecule has 0 unspecified atom stereocenters. The first kappa shape index (κ1) is 9.71. The first-order valence-electron chi connectivity index (χ1n) is 4.79. The Bertz CT molecular complexity index is 415. The zero-order valence-electron chi connectivity index (χ0n) is 8.27. The Morgan fingerprint density at radius 2 is 2.00 bits per heavy atom. The Kier molecular flexibility index (Phi) is 2.41. The van der Waals surface area contributed by atoms with Crippen LogP contribution in [0.25, 0.3) is 0 Å². The summed E-state index contributed by atoms with van der Waals surface area (Å²) in [5.74, 6) is -0.127. The molecule has 4 nitrogen and oxygen atoms in total. The van der Waals surface area contributed by atoms with Gasteiger partial charge in [-0.2, -0.15) is 0 Å². The van der Waals surface area contributed by atoms with E-state index in [2.05, 4.69) is 0 Å². The maximum Gasteiger partial charge on any atom is 0.230 e. The second-order valence-corrected chi connectivity index (χ2v) is 3.66. The summed E-state index contributed by atoms with van der Waals surface area (Å²) in [4.78, 5) is 23.9. The number of nitrogens with two attached hydrogens (primary N) is 1. The number of ketones is 1. The van der Waals surface area contributed by atoms with Crippen LogP contribution in [-0.2, 0) is 16.1 Å². The number of hydrogen-bond acceptors (Lipinski definition) is 3. The van der Waals surface area contributed by atoms with Crippen LogP contribution in [0, 0.1) is 0 Å². The van der Waals surface area contributed by atoms with Crippen molar-refractivity contribution in [3.05, 3.63) is 29.8 Å². The number of carbonyl (C=O) groups is 2. The molecule has 1 aromatic carbocycles. The second-order valence-electron chi connectivity index (χ2n) is 3.66. The monoisotopic (exact) mass is 204 g/mol. The zero-order valence-corrected chi connectivity index (χ0v) is 8.27. The Hall–Kier alpha value is -1.84. The molecule has 1 fully saturated rings. The number of nitrogens with zero attached hydrogens (tertiary/aromatic N) is 1. The van der Waals surface area contributed by atoms with Gasteiger partial charge in [0.25, 0.3) is 0 Å². The molecule has 2 rings (SSSR count). The van der Waals surface area contributed by atoms with E-state index in [1.165, 1.54) is 4.90 Å². The minimum Gasteiger partial charge on any atom is -0.398 e. The van der Waals surface area contributed by atoms with Gasteiger partial charge in [-0.05, 0) is 11.6 Å². The summed E-state index contributed by atoms with van der Waals surface area (Å²) in [6.45, 7) is 0.643. The number of benzene rings is 1. The molecule has 1 amide bonds. The molecule has 0 aromatic heterocycles. The summed E-state index contributed by atoms with van der Waals surface area (Å²) in [5, 5.41) is 0. The van der Waals surface area contributed by atoms with Crippen LogP contribution in [0.3, 0.4) is 0 Å². The third-order valence-corrected chi connectivity index (χ3v) is 2.48. The molecule has 0 aliphatic carbocycles. The van der Waals surface area contributed by atoms with Crippen molar-refractivity contribution in [1.82, 2.24) is 4.90 Å². The Labute approximate surface area is 87.7 Å². The molecule has 0 bridgehead atoms. The predicted molar refractivity (Wildman–Crippen MR) is 55.9 cm³/mol. The molecule has 0 saturated carbocycles. The van der Waals surface area contributed by atoms with Gasteiger partial charge < -0.3 is 10.6 Å². The van der Waals surface area contributed by atoms with E-state index in [0.29, 0.717) is 12.2 Å². The van der Waals surface area contributed by atoms with Crippen molar-refractivity contribution in [3.8, 4) is 0 Å². The maximum atomic E-state index is 11.4. The van der Waals surface area contributed by atoms with Crippen molar-refractivity contribution in [2.24, 2.45) is 0 Å². The molecule has 4 heteroatoms. The molecular formula is C11H12N2O2. The molecule has 0 radical (unpaired) electrons. The number of hydrogen-bond donors (Lipinski definition) is 1. The molecule has 1 aliphatic heterocycles. The summed E-state index contributed by atoms with van der Waals surface area (Å²) in [6.07, 6.45) is 0.0345. The molecule has 1 heterocycles. The van der Waals surface area contributed by atoms with E-state index in [0.717, 1.165) is 5.56 Å². The fourth-order valence-corrected chi connectivity index (χ4v) is 1.67. The number of nitrogen functional groups attached to an aromatic ring is 1. The topological polar surface area (TPSA) is 63.4 Å². The molecular weight excluding hydrogens is 192 g/mol. The third-order valence-electron chi connectivity index (χ3n) is 2.48. The average molecular weight is 204 g/mol. The number of Topliss-reactive ketones (excluding diaryl/α,β-unsaturated/α-hetero) is 1. The van der Waals surface area contributed by atoms with Gasteiger partial charge >= 0.3 is 0 Å². The highest BCUT2D eigenvalue weighted by atomic mass is 16.2. The van der Waals surface area contributed by atoms with Crippen molar-refractivity contribution in [2.75, 3.05) is 12.3 Å². The second kappa shape index (κ2) is 3.73. The first-order chi connectivity index (χ1) is 7.16. The van der Waals surface area contributed by atoms with E-state index in [9.17, 15) is 9.59 Å². The summed E-state index contributed by atoms with van der Waals surface area (Å²) in [6, 6.07) is 7.37. The van der Waals surface area contributed by atoms with Crippen LogP contribution >= 0.6 is 0 Å². The van der Waals surface area contributed by atoms with Gasteiger partial charge in [-0.1, -0.05) is 18.2 Å². The fourth-order valence-electron chi connectivity index (χ4n) is 1.67. The van der Waals surface area contributed by atoms with Crippen molar-refractivity contribution >= 4 is 17.4 Å². The first-order valence-corrected chi connectivity index (χ1v) is 4.79. The minimum atomic E-state index is -0.108. The van der Waals surface area contributed by atoms with Crippen LogP contribution in [0.4, 0.5) is 5.69 Å². The van der Waals surface area contributed by atoms with Crippen LogP contribution in [0.2, 0.25) is 0 Å². The molecule has 0 spiro atoms. The molecule has 15 heavy (non-hydrogen) atoms. The molecule has 2 N–H and O–H groups in total. The average Bonchev–Trinajstić information content (AvgIpc) is 2.49. The van der Waals surface area contributed by atoms with E-state index >= 15 is 0 Å². The summed E-state index contributed by atoms with van der Waals surface area (Å²) in [7, 11) is 0.